The summed E-state index contributed by atoms with van der Waals surface area (Å²) in [7, 11) is 0. The van der Waals surface area contributed by atoms with Gasteiger partial charge in [-0.3, -0.25) is 0 Å². The van der Waals surface area contributed by atoms with E-state index in [0.29, 0.717) is 0 Å². The molecule has 0 radical (unpaired) electrons. The van der Waals surface area contributed by atoms with Crippen LogP contribution in [0.5, 0.6) is 0 Å². The third-order valence-electron chi connectivity index (χ3n) is 9.42. The number of rotatable bonds is 6. The summed E-state index contributed by atoms with van der Waals surface area (Å²) >= 11 is 3.89. The number of hydrogen-bond donors (Lipinski definition) is 0. The fraction of sp³-hybridized carbons (Fsp3) is 0. The van der Waals surface area contributed by atoms with Crippen molar-refractivity contribution in [3.63, 3.8) is 0 Å². The molecule has 0 spiro atoms. The molecule has 0 atom stereocenters. The van der Waals surface area contributed by atoms with Gasteiger partial charge in [-0.25, -0.2) is 0 Å². The predicted octanol–water partition coefficient (Wildman–Crippen LogP) is 13.5. The van der Waals surface area contributed by atoms with E-state index >= 15 is 0 Å². The lowest BCUT2D eigenvalue weighted by molar-refractivity contribution is 1.18. The predicted molar refractivity (Wildman–Crippen MR) is 212 cm³/mol. The third kappa shape index (κ3) is 5.29. The molecule has 0 saturated carbocycles. The van der Waals surface area contributed by atoms with E-state index in [0.717, 1.165) is 38.3 Å². The SMILES string of the molecule is Brc1cc(-c2ccc(-n3c4ccccc4c4ccccc43)cc2)cc(N(c2ccc(-c3ccccc3)cc2)c2cccc3ccccc23)c1. The minimum Gasteiger partial charge on any atom is -0.310 e. The van der Waals surface area contributed by atoms with E-state index in [1.54, 1.807) is 0 Å². The molecule has 1 aromatic heterocycles. The first-order chi connectivity index (χ1) is 24.2. The minimum atomic E-state index is 1.03. The Balaban J connectivity index is 1.16. The molecular formula is C46H31BrN2. The van der Waals surface area contributed by atoms with Gasteiger partial charge in [0.25, 0.3) is 0 Å². The Morgan fingerprint density at radius 1 is 0.388 bits per heavy atom. The number of benzene rings is 8. The molecule has 232 valence electrons. The van der Waals surface area contributed by atoms with Crippen molar-refractivity contribution in [3.8, 4) is 27.9 Å². The third-order valence-corrected chi connectivity index (χ3v) is 9.88. The molecule has 8 aromatic carbocycles. The first-order valence-corrected chi connectivity index (χ1v) is 17.3. The summed E-state index contributed by atoms with van der Waals surface area (Å²) in [6, 6.07) is 67.6. The van der Waals surface area contributed by atoms with Crippen molar-refractivity contribution in [3.05, 3.63) is 193 Å². The van der Waals surface area contributed by atoms with Crippen LogP contribution in [0.15, 0.2) is 193 Å². The molecule has 0 aliphatic rings. The normalized spacial score (nSPS) is 11.4. The second kappa shape index (κ2) is 12.3. The van der Waals surface area contributed by atoms with Crippen LogP contribution >= 0.6 is 15.9 Å². The summed E-state index contributed by atoms with van der Waals surface area (Å²) < 4.78 is 3.39. The topological polar surface area (TPSA) is 8.17 Å². The Hall–Kier alpha value is -5.90. The smallest absolute Gasteiger partial charge is 0.0541 e. The van der Waals surface area contributed by atoms with E-state index in [2.05, 4.69) is 213 Å². The van der Waals surface area contributed by atoms with Crippen molar-refractivity contribution in [2.75, 3.05) is 4.90 Å². The molecule has 1 heterocycles. The van der Waals surface area contributed by atoms with Gasteiger partial charge in [0, 0.05) is 37.7 Å². The van der Waals surface area contributed by atoms with Gasteiger partial charge in [-0.05, 0) is 88.3 Å². The zero-order valence-electron chi connectivity index (χ0n) is 26.7. The molecule has 3 heteroatoms. The van der Waals surface area contributed by atoms with Crippen LogP contribution in [0.2, 0.25) is 0 Å². The summed E-state index contributed by atoms with van der Waals surface area (Å²) in [5, 5.41) is 4.95. The maximum atomic E-state index is 3.89. The van der Waals surface area contributed by atoms with E-state index in [4.69, 9.17) is 0 Å². The van der Waals surface area contributed by atoms with Gasteiger partial charge in [0.1, 0.15) is 0 Å². The zero-order chi connectivity index (χ0) is 32.7. The van der Waals surface area contributed by atoms with Crippen LogP contribution in [-0.2, 0) is 0 Å². The van der Waals surface area contributed by atoms with Crippen molar-refractivity contribution in [1.82, 2.24) is 4.57 Å². The van der Waals surface area contributed by atoms with Crippen LogP contribution in [0.3, 0.4) is 0 Å². The molecule has 0 amide bonds. The van der Waals surface area contributed by atoms with E-state index in [1.165, 1.54) is 43.7 Å². The number of aromatic nitrogens is 1. The van der Waals surface area contributed by atoms with Gasteiger partial charge >= 0.3 is 0 Å². The highest BCUT2D eigenvalue weighted by molar-refractivity contribution is 9.10. The summed E-state index contributed by atoms with van der Waals surface area (Å²) in [6.45, 7) is 0. The molecule has 9 rings (SSSR count). The largest absolute Gasteiger partial charge is 0.310 e. The summed E-state index contributed by atoms with van der Waals surface area (Å²) in [5.41, 5.74) is 11.6. The number of fused-ring (bicyclic) bond motifs is 4. The molecule has 0 fully saturated rings. The first kappa shape index (κ1) is 29.3. The van der Waals surface area contributed by atoms with Crippen molar-refractivity contribution < 1.29 is 0 Å². The molecule has 0 aliphatic heterocycles. The van der Waals surface area contributed by atoms with Crippen LogP contribution in [0, 0.1) is 0 Å². The maximum Gasteiger partial charge on any atom is 0.0541 e. The minimum absolute atomic E-state index is 1.03. The van der Waals surface area contributed by atoms with E-state index in [1.807, 2.05) is 0 Å². The second-order valence-electron chi connectivity index (χ2n) is 12.4. The van der Waals surface area contributed by atoms with Crippen LogP contribution < -0.4 is 4.90 Å². The van der Waals surface area contributed by atoms with Crippen molar-refractivity contribution >= 4 is 65.6 Å². The van der Waals surface area contributed by atoms with Crippen molar-refractivity contribution in [2.45, 2.75) is 0 Å². The summed E-state index contributed by atoms with van der Waals surface area (Å²) in [4.78, 5) is 2.37. The number of halogens is 1. The summed E-state index contributed by atoms with van der Waals surface area (Å²) in [6.07, 6.45) is 0. The number of hydrogen-bond acceptors (Lipinski definition) is 1. The maximum absolute atomic E-state index is 3.89. The van der Waals surface area contributed by atoms with Gasteiger partial charge in [0.05, 0.1) is 16.7 Å². The standard InChI is InChI=1S/C46H31BrN2/c47-37-29-36(34-23-27-39(28-24-34)49-45-18-8-6-16-42(45)43-17-7-9-19-46(43)49)30-40(31-37)48(44-20-10-14-35-13-4-5-15-41(35)44)38-25-21-33(22-26-38)32-11-2-1-3-12-32/h1-31H. The fourth-order valence-electron chi connectivity index (χ4n) is 7.14. The molecule has 0 aliphatic carbocycles. The Labute approximate surface area is 294 Å². The highest BCUT2D eigenvalue weighted by atomic mass is 79.9. The molecular weight excluding hydrogens is 660 g/mol. The van der Waals surface area contributed by atoms with Gasteiger partial charge < -0.3 is 9.47 Å². The van der Waals surface area contributed by atoms with Crippen LogP contribution in [0.4, 0.5) is 17.1 Å². The number of nitrogens with zero attached hydrogens (tertiary/aromatic N) is 2. The van der Waals surface area contributed by atoms with Gasteiger partial charge in [0.15, 0.2) is 0 Å². The molecule has 2 nitrogen and oxygen atoms in total. The molecule has 9 aromatic rings. The number of anilines is 3. The van der Waals surface area contributed by atoms with Gasteiger partial charge in [0.2, 0.25) is 0 Å². The van der Waals surface area contributed by atoms with Crippen LogP contribution in [0.1, 0.15) is 0 Å². The monoisotopic (exact) mass is 690 g/mol. The quantitative estimate of drug-likeness (QED) is 0.169. The van der Waals surface area contributed by atoms with E-state index in [-0.39, 0.29) is 0 Å². The van der Waals surface area contributed by atoms with E-state index < -0.39 is 0 Å². The first-order valence-electron chi connectivity index (χ1n) is 16.5. The lowest BCUT2D eigenvalue weighted by atomic mass is 10.0. The van der Waals surface area contributed by atoms with Crippen LogP contribution in [-0.4, -0.2) is 4.57 Å². The zero-order valence-corrected chi connectivity index (χ0v) is 28.3. The Kier molecular flexibility index (Phi) is 7.33. The van der Waals surface area contributed by atoms with Gasteiger partial charge in [-0.15, -0.1) is 0 Å². The van der Waals surface area contributed by atoms with E-state index in [9.17, 15) is 0 Å². The Morgan fingerprint density at radius 3 is 1.65 bits per heavy atom. The van der Waals surface area contributed by atoms with Crippen molar-refractivity contribution in [2.24, 2.45) is 0 Å². The average Bonchev–Trinajstić information content (AvgIpc) is 3.50. The fourth-order valence-corrected chi connectivity index (χ4v) is 7.62. The van der Waals surface area contributed by atoms with Crippen LogP contribution in [0.25, 0.3) is 60.5 Å². The van der Waals surface area contributed by atoms with Crippen molar-refractivity contribution in [1.29, 1.82) is 0 Å². The highest BCUT2D eigenvalue weighted by Gasteiger charge is 2.18. The molecule has 0 saturated heterocycles. The Bertz CT molecular complexity index is 2540. The van der Waals surface area contributed by atoms with Gasteiger partial charge in [-0.1, -0.05) is 143 Å². The number of para-hydroxylation sites is 2. The summed E-state index contributed by atoms with van der Waals surface area (Å²) in [5.74, 6) is 0. The highest BCUT2D eigenvalue weighted by Crippen LogP contribution is 2.42. The molecule has 0 N–H and O–H groups in total. The van der Waals surface area contributed by atoms with Gasteiger partial charge in [-0.2, -0.15) is 0 Å². The molecule has 0 unspecified atom stereocenters. The lowest BCUT2D eigenvalue weighted by Crippen LogP contribution is -2.10. The lowest BCUT2D eigenvalue weighted by Gasteiger charge is -2.28. The average molecular weight is 692 g/mol. The second-order valence-corrected chi connectivity index (χ2v) is 13.3. The molecule has 49 heavy (non-hydrogen) atoms. The Morgan fingerprint density at radius 2 is 0.939 bits per heavy atom. The molecule has 0 bridgehead atoms.